The van der Waals surface area contributed by atoms with Gasteiger partial charge in [0.2, 0.25) is 0 Å². The number of hydrogen-bond acceptors (Lipinski definition) is 6. The van der Waals surface area contributed by atoms with Crippen LogP contribution in [0, 0.1) is 0 Å². The molecule has 0 amide bonds. The highest BCUT2D eigenvalue weighted by Gasteiger charge is 2.14. The summed E-state index contributed by atoms with van der Waals surface area (Å²) in [6.07, 6.45) is 2.25. The molecule has 1 aromatic rings. The van der Waals surface area contributed by atoms with Gasteiger partial charge in [-0.3, -0.25) is 0 Å². The summed E-state index contributed by atoms with van der Waals surface area (Å²) in [7, 11) is -5.01. The van der Waals surface area contributed by atoms with Crippen LogP contribution in [-0.4, -0.2) is 48.8 Å². The third-order valence-electron chi connectivity index (χ3n) is 2.37. The second-order valence-electron chi connectivity index (χ2n) is 4.19. The maximum atomic E-state index is 11.5. The summed E-state index contributed by atoms with van der Waals surface area (Å²) in [5, 5.41) is 2.90. The first-order valence-corrected chi connectivity index (χ1v) is 9.38. The molecule has 0 aliphatic carbocycles. The molecule has 0 fully saturated rings. The van der Waals surface area contributed by atoms with Crippen molar-refractivity contribution in [1.82, 2.24) is 0 Å². The van der Waals surface area contributed by atoms with Crippen LogP contribution in [0.5, 0.6) is 5.75 Å². The Hall–Kier alpha value is -1.28. The van der Waals surface area contributed by atoms with Crippen molar-refractivity contribution in [2.24, 2.45) is 0 Å². The highest BCUT2D eigenvalue weighted by atomic mass is 32.2. The van der Waals surface area contributed by atoms with Crippen molar-refractivity contribution in [3.05, 3.63) is 18.2 Å². The summed E-state index contributed by atoms with van der Waals surface area (Å²) in [6, 6.07) is 4.52. The Morgan fingerprint density at radius 1 is 1.16 bits per heavy atom. The fraction of sp³-hybridized carbons (Fsp3) is 0.455. The van der Waals surface area contributed by atoms with Crippen LogP contribution < -0.4 is 10.1 Å². The molecule has 1 rings (SSSR count). The third-order valence-corrected chi connectivity index (χ3v) is 4.45. The first kappa shape index (κ1) is 15.8. The molecule has 0 atom stereocenters. The highest BCUT2D eigenvalue weighted by Crippen LogP contribution is 2.27. The quantitative estimate of drug-likeness (QED) is 0.826. The first-order chi connectivity index (χ1) is 8.63. The van der Waals surface area contributed by atoms with Gasteiger partial charge in [-0.15, -0.1) is 0 Å². The molecule has 1 N–H and O–H groups in total. The Kier molecular flexibility index (Phi) is 4.81. The molecule has 0 saturated heterocycles. The molecule has 0 aliphatic heterocycles. The fourth-order valence-electron chi connectivity index (χ4n) is 1.46. The van der Waals surface area contributed by atoms with E-state index in [1.54, 1.807) is 6.07 Å². The Balaban J connectivity index is 2.89. The lowest BCUT2D eigenvalue weighted by Crippen LogP contribution is -2.14. The number of anilines is 1. The topological polar surface area (TPSA) is 89.5 Å². The second kappa shape index (κ2) is 5.79. The normalized spacial score (nSPS) is 12.2. The van der Waals surface area contributed by atoms with Crippen LogP contribution in [0.15, 0.2) is 23.1 Å². The molecule has 19 heavy (non-hydrogen) atoms. The summed E-state index contributed by atoms with van der Waals surface area (Å²) in [5.74, 6) is 0.232. The van der Waals surface area contributed by atoms with Gasteiger partial charge in [-0.05, 0) is 12.1 Å². The van der Waals surface area contributed by atoms with Crippen LogP contribution in [0.3, 0.4) is 0 Å². The number of ether oxygens (including phenoxy) is 1. The summed E-state index contributed by atoms with van der Waals surface area (Å²) in [6.45, 7) is 0.250. The maximum Gasteiger partial charge on any atom is 0.179 e. The van der Waals surface area contributed by atoms with Gasteiger partial charge in [0.25, 0.3) is 0 Å². The summed E-state index contributed by atoms with van der Waals surface area (Å²) in [5.41, 5.74) is 0.605. The van der Waals surface area contributed by atoms with Gasteiger partial charge in [0.15, 0.2) is 9.84 Å². The maximum absolute atomic E-state index is 11.5. The van der Waals surface area contributed by atoms with E-state index in [0.29, 0.717) is 5.69 Å². The minimum atomic E-state index is -3.35. The van der Waals surface area contributed by atoms with E-state index in [-0.39, 0.29) is 22.9 Å². The van der Waals surface area contributed by atoms with E-state index < -0.39 is 19.7 Å². The zero-order valence-electron chi connectivity index (χ0n) is 11.0. The monoisotopic (exact) mass is 307 g/mol. The van der Waals surface area contributed by atoms with Gasteiger partial charge in [-0.2, -0.15) is 0 Å². The molecule has 0 unspecified atom stereocenters. The number of hydrogen-bond donors (Lipinski definition) is 1. The lowest BCUT2D eigenvalue weighted by Gasteiger charge is -2.10. The van der Waals surface area contributed by atoms with E-state index in [1.165, 1.54) is 19.2 Å². The van der Waals surface area contributed by atoms with E-state index in [2.05, 4.69) is 5.32 Å². The van der Waals surface area contributed by atoms with Crippen LogP contribution in [0.25, 0.3) is 0 Å². The van der Waals surface area contributed by atoms with E-state index in [0.717, 1.165) is 12.5 Å². The van der Waals surface area contributed by atoms with E-state index in [1.807, 2.05) is 0 Å². The van der Waals surface area contributed by atoms with E-state index in [9.17, 15) is 16.8 Å². The standard InChI is InChI=1S/C11H17NO5S2/c1-17-10-8-9(12-6-7-18(2,13)14)4-5-11(10)19(3,15)16/h4-5,8,12H,6-7H2,1-3H3. The smallest absolute Gasteiger partial charge is 0.179 e. The number of benzene rings is 1. The molecule has 8 heteroatoms. The van der Waals surface area contributed by atoms with Crippen molar-refractivity contribution in [2.45, 2.75) is 4.90 Å². The molecule has 0 heterocycles. The zero-order chi connectivity index (χ0) is 14.7. The van der Waals surface area contributed by atoms with Gasteiger partial charge in [0.1, 0.15) is 20.5 Å². The average Bonchev–Trinajstić information content (AvgIpc) is 2.25. The van der Waals surface area contributed by atoms with Crippen LogP contribution in [0.4, 0.5) is 5.69 Å². The Morgan fingerprint density at radius 2 is 1.79 bits per heavy atom. The van der Waals surface area contributed by atoms with Crippen LogP contribution in [0.2, 0.25) is 0 Å². The van der Waals surface area contributed by atoms with Gasteiger partial charge in [-0.25, -0.2) is 16.8 Å². The zero-order valence-corrected chi connectivity index (χ0v) is 12.6. The number of methoxy groups -OCH3 is 1. The second-order valence-corrected chi connectivity index (χ2v) is 8.44. The minimum Gasteiger partial charge on any atom is -0.495 e. The van der Waals surface area contributed by atoms with Crippen molar-refractivity contribution in [1.29, 1.82) is 0 Å². The van der Waals surface area contributed by atoms with E-state index in [4.69, 9.17) is 4.74 Å². The highest BCUT2D eigenvalue weighted by molar-refractivity contribution is 7.91. The van der Waals surface area contributed by atoms with Gasteiger partial charge in [0, 0.05) is 30.8 Å². The lowest BCUT2D eigenvalue weighted by molar-refractivity contribution is 0.403. The number of sulfone groups is 2. The number of rotatable bonds is 6. The molecule has 0 radical (unpaired) electrons. The van der Waals surface area contributed by atoms with Crippen LogP contribution in [-0.2, 0) is 19.7 Å². The Labute approximate surface area is 113 Å². The van der Waals surface area contributed by atoms with E-state index >= 15 is 0 Å². The molecular formula is C11H17NO5S2. The molecule has 6 nitrogen and oxygen atoms in total. The Morgan fingerprint density at radius 3 is 2.26 bits per heavy atom. The fourth-order valence-corrected chi connectivity index (χ4v) is 2.76. The molecular weight excluding hydrogens is 290 g/mol. The summed E-state index contributed by atoms with van der Waals surface area (Å²) < 4.78 is 50.0. The molecule has 0 spiro atoms. The molecule has 0 aliphatic rings. The number of nitrogens with one attached hydrogen (secondary N) is 1. The van der Waals surface area contributed by atoms with Crippen molar-refractivity contribution < 1.29 is 21.6 Å². The average molecular weight is 307 g/mol. The summed E-state index contributed by atoms with van der Waals surface area (Å²) >= 11 is 0. The van der Waals surface area contributed by atoms with Gasteiger partial charge in [-0.1, -0.05) is 0 Å². The first-order valence-electron chi connectivity index (χ1n) is 5.43. The largest absolute Gasteiger partial charge is 0.495 e. The van der Waals surface area contributed by atoms with Crippen molar-refractivity contribution in [2.75, 3.05) is 37.2 Å². The van der Waals surface area contributed by atoms with Gasteiger partial charge < -0.3 is 10.1 Å². The molecule has 1 aromatic carbocycles. The molecule has 0 aromatic heterocycles. The van der Waals surface area contributed by atoms with Crippen molar-refractivity contribution >= 4 is 25.4 Å². The van der Waals surface area contributed by atoms with Crippen molar-refractivity contribution in [3.8, 4) is 5.75 Å². The third kappa shape index (κ3) is 5.07. The Bertz CT molecular complexity index is 650. The molecule has 0 bridgehead atoms. The van der Waals surface area contributed by atoms with Gasteiger partial charge in [0.05, 0.1) is 12.9 Å². The lowest BCUT2D eigenvalue weighted by atomic mass is 10.3. The summed E-state index contributed by atoms with van der Waals surface area (Å²) in [4.78, 5) is 0.101. The minimum absolute atomic E-state index is 0.00312. The van der Waals surface area contributed by atoms with Crippen LogP contribution >= 0.6 is 0 Å². The SMILES string of the molecule is COc1cc(NCCS(C)(=O)=O)ccc1S(C)(=O)=O. The molecule has 108 valence electrons. The predicted octanol–water partition coefficient (Wildman–Crippen LogP) is 0.555. The van der Waals surface area contributed by atoms with Crippen LogP contribution in [0.1, 0.15) is 0 Å². The molecule has 0 saturated carbocycles. The van der Waals surface area contributed by atoms with Gasteiger partial charge >= 0.3 is 0 Å². The van der Waals surface area contributed by atoms with Crippen molar-refractivity contribution in [3.63, 3.8) is 0 Å². The predicted molar refractivity (Wildman–Crippen MR) is 74.3 cm³/mol.